The summed E-state index contributed by atoms with van der Waals surface area (Å²) in [5.74, 6) is -0.00653. The van der Waals surface area contributed by atoms with E-state index < -0.39 is 29.5 Å². The molecule has 3 rings (SSSR count). The van der Waals surface area contributed by atoms with E-state index in [4.69, 9.17) is 14.2 Å². The summed E-state index contributed by atoms with van der Waals surface area (Å²) >= 11 is 0. The fourth-order valence-corrected chi connectivity index (χ4v) is 2.68. The smallest absolute Gasteiger partial charge is 0.433 e. The van der Waals surface area contributed by atoms with E-state index >= 15 is 0 Å². The number of nitrogens with zero attached hydrogens (tertiary/aromatic N) is 2. The van der Waals surface area contributed by atoms with Gasteiger partial charge in [0.15, 0.2) is 17.2 Å². The summed E-state index contributed by atoms with van der Waals surface area (Å²) in [4.78, 5) is 12.3. The molecule has 0 radical (unpaired) electrons. The van der Waals surface area contributed by atoms with Crippen LogP contribution >= 0.6 is 0 Å². The normalized spacial score (nSPS) is 14.8. The zero-order chi connectivity index (χ0) is 18.9. The molecule has 2 aromatic rings. The van der Waals surface area contributed by atoms with Crippen molar-refractivity contribution >= 4 is 5.97 Å². The Kier molecular flexibility index (Phi) is 4.80. The molecule has 0 fully saturated rings. The lowest BCUT2D eigenvalue weighted by molar-refractivity contribution is -0.144. The summed E-state index contributed by atoms with van der Waals surface area (Å²) in [6.07, 6.45) is -4.60. The fraction of sp³-hybridized carbons (Fsp3) is 0.412. The first kappa shape index (κ1) is 18.1. The number of fused-ring (bicyclic) bond motifs is 1. The van der Waals surface area contributed by atoms with Crippen LogP contribution in [0.2, 0.25) is 0 Å². The highest BCUT2D eigenvalue weighted by Gasteiger charge is 2.40. The lowest BCUT2D eigenvalue weighted by Crippen LogP contribution is -2.19. The maximum absolute atomic E-state index is 13.2. The van der Waals surface area contributed by atoms with E-state index in [0.717, 1.165) is 10.9 Å². The van der Waals surface area contributed by atoms with Gasteiger partial charge in [0.25, 0.3) is 0 Å². The summed E-state index contributed by atoms with van der Waals surface area (Å²) in [6, 6.07) is 4.99. The van der Waals surface area contributed by atoms with Crippen LogP contribution in [-0.2, 0) is 17.5 Å². The molecule has 2 heterocycles. The van der Waals surface area contributed by atoms with Gasteiger partial charge >= 0.3 is 12.1 Å². The predicted octanol–water partition coefficient (Wildman–Crippen LogP) is 3.61. The molecular weight excluding hydrogens is 353 g/mol. The van der Waals surface area contributed by atoms with Crippen molar-refractivity contribution in [3.05, 3.63) is 41.2 Å². The number of carbonyl (C=O) groups is 1. The van der Waals surface area contributed by atoms with Crippen molar-refractivity contribution in [2.75, 3.05) is 13.2 Å². The number of carbonyl (C=O) groups excluding carboxylic acids is 1. The molecule has 0 bridgehead atoms. The lowest BCUT2D eigenvalue weighted by atomic mass is 10.1. The number of benzene rings is 1. The topological polar surface area (TPSA) is 62.6 Å². The van der Waals surface area contributed by atoms with Crippen LogP contribution < -0.4 is 9.47 Å². The average molecular weight is 370 g/mol. The Balaban J connectivity index is 1.81. The Morgan fingerprint density at radius 2 is 2.00 bits per heavy atom. The minimum absolute atomic E-state index is 0.0140. The van der Waals surface area contributed by atoms with Crippen molar-refractivity contribution in [2.45, 2.75) is 32.7 Å². The van der Waals surface area contributed by atoms with Crippen LogP contribution in [0.5, 0.6) is 11.5 Å². The van der Waals surface area contributed by atoms with Gasteiger partial charge in [-0.15, -0.1) is 0 Å². The highest BCUT2D eigenvalue weighted by molar-refractivity contribution is 5.90. The molecule has 26 heavy (non-hydrogen) atoms. The molecule has 1 aliphatic rings. The lowest BCUT2D eigenvalue weighted by Gasteiger charge is -2.20. The van der Waals surface area contributed by atoms with Crippen LogP contribution in [0.4, 0.5) is 13.2 Å². The molecule has 0 amide bonds. The molecule has 0 aliphatic carbocycles. The van der Waals surface area contributed by atoms with Crippen LogP contribution in [0.15, 0.2) is 24.4 Å². The standard InChI is InChI=1S/C17H17F3N2O4/c1-3-22-15(17(18,19)20)12(9-21-22)16(23)26-10(2)11-4-5-13-14(8-11)25-7-6-24-13/h4-5,8-10H,3,6-7H2,1-2H3/t10-/m1/s1. The fourth-order valence-electron chi connectivity index (χ4n) is 2.68. The summed E-state index contributed by atoms with van der Waals surface area (Å²) in [5.41, 5.74) is -1.14. The molecule has 0 saturated carbocycles. The molecule has 0 unspecified atom stereocenters. The Bertz CT molecular complexity index is 817. The van der Waals surface area contributed by atoms with E-state index in [1.807, 2.05) is 0 Å². The minimum atomic E-state index is -4.71. The molecule has 1 aromatic carbocycles. The van der Waals surface area contributed by atoms with Crippen LogP contribution in [0.1, 0.15) is 41.6 Å². The van der Waals surface area contributed by atoms with Crippen molar-refractivity contribution in [3.8, 4) is 11.5 Å². The van der Waals surface area contributed by atoms with Gasteiger partial charge in [-0.2, -0.15) is 18.3 Å². The van der Waals surface area contributed by atoms with Gasteiger partial charge in [0.2, 0.25) is 0 Å². The quantitative estimate of drug-likeness (QED) is 0.770. The van der Waals surface area contributed by atoms with Gasteiger partial charge in [0, 0.05) is 6.54 Å². The SMILES string of the molecule is CCn1ncc(C(=O)O[C@H](C)c2ccc3c(c2)OCCO3)c1C(F)(F)F. The minimum Gasteiger partial charge on any atom is -0.486 e. The van der Waals surface area contributed by atoms with Gasteiger partial charge in [-0.25, -0.2) is 4.79 Å². The van der Waals surface area contributed by atoms with E-state index in [9.17, 15) is 18.0 Å². The highest BCUT2D eigenvalue weighted by atomic mass is 19.4. The number of halogens is 3. The molecule has 0 N–H and O–H groups in total. The summed E-state index contributed by atoms with van der Waals surface area (Å²) in [6.45, 7) is 3.91. The molecule has 1 aliphatic heterocycles. The first-order valence-corrected chi connectivity index (χ1v) is 8.04. The number of ether oxygens (including phenoxy) is 3. The van der Waals surface area contributed by atoms with Crippen LogP contribution in [0.3, 0.4) is 0 Å². The van der Waals surface area contributed by atoms with Crippen molar-refractivity contribution in [2.24, 2.45) is 0 Å². The van der Waals surface area contributed by atoms with Gasteiger partial charge in [0.1, 0.15) is 24.9 Å². The first-order valence-electron chi connectivity index (χ1n) is 8.04. The van der Waals surface area contributed by atoms with Gasteiger partial charge < -0.3 is 14.2 Å². The van der Waals surface area contributed by atoms with E-state index in [2.05, 4.69) is 5.10 Å². The average Bonchev–Trinajstić information content (AvgIpc) is 3.06. The molecule has 9 heteroatoms. The van der Waals surface area contributed by atoms with Crippen LogP contribution in [0, 0.1) is 0 Å². The third-order valence-corrected chi connectivity index (χ3v) is 3.95. The number of alkyl halides is 3. The largest absolute Gasteiger partial charge is 0.486 e. The second-order valence-electron chi connectivity index (χ2n) is 5.67. The van der Waals surface area contributed by atoms with E-state index in [0.29, 0.717) is 30.3 Å². The molecule has 0 spiro atoms. The predicted molar refractivity (Wildman–Crippen MR) is 84.2 cm³/mol. The van der Waals surface area contributed by atoms with Gasteiger partial charge in [-0.1, -0.05) is 6.07 Å². The summed E-state index contributed by atoms with van der Waals surface area (Å²) in [7, 11) is 0. The Morgan fingerprint density at radius 3 is 2.65 bits per heavy atom. The maximum Gasteiger partial charge on any atom is 0.433 e. The van der Waals surface area contributed by atoms with Gasteiger partial charge in [-0.3, -0.25) is 4.68 Å². The summed E-state index contributed by atoms with van der Waals surface area (Å²) in [5, 5.41) is 3.62. The van der Waals surface area contributed by atoms with Crippen LogP contribution in [-0.4, -0.2) is 29.0 Å². The Morgan fingerprint density at radius 1 is 1.31 bits per heavy atom. The molecule has 0 saturated heterocycles. The summed E-state index contributed by atoms with van der Waals surface area (Å²) < 4.78 is 56.5. The molecule has 140 valence electrons. The maximum atomic E-state index is 13.2. The van der Waals surface area contributed by atoms with Crippen molar-refractivity contribution < 1.29 is 32.2 Å². The van der Waals surface area contributed by atoms with Crippen LogP contribution in [0.25, 0.3) is 0 Å². The zero-order valence-electron chi connectivity index (χ0n) is 14.2. The molecular formula is C17H17F3N2O4. The number of aryl methyl sites for hydroxylation is 1. The van der Waals surface area contributed by atoms with E-state index in [1.165, 1.54) is 6.92 Å². The van der Waals surface area contributed by atoms with Crippen molar-refractivity contribution in [1.82, 2.24) is 9.78 Å². The van der Waals surface area contributed by atoms with Crippen molar-refractivity contribution in [3.63, 3.8) is 0 Å². The second kappa shape index (κ2) is 6.89. The van der Waals surface area contributed by atoms with Gasteiger partial charge in [-0.05, 0) is 31.5 Å². The Hall–Kier alpha value is -2.71. The third-order valence-electron chi connectivity index (χ3n) is 3.95. The van der Waals surface area contributed by atoms with Crippen molar-refractivity contribution in [1.29, 1.82) is 0 Å². The molecule has 6 nitrogen and oxygen atoms in total. The van der Waals surface area contributed by atoms with Gasteiger partial charge in [0.05, 0.1) is 6.20 Å². The molecule has 1 aromatic heterocycles. The Labute approximate surface area is 147 Å². The first-order chi connectivity index (χ1) is 12.3. The zero-order valence-corrected chi connectivity index (χ0v) is 14.2. The van der Waals surface area contributed by atoms with E-state index in [1.54, 1.807) is 25.1 Å². The third kappa shape index (κ3) is 3.47. The monoisotopic (exact) mass is 370 g/mol. The number of esters is 1. The molecule has 1 atom stereocenters. The number of hydrogen-bond donors (Lipinski definition) is 0. The number of rotatable bonds is 4. The number of hydrogen-bond acceptors (Lipinski definition) is 5. The highest BCUT2D eigenvalue weighted by Crippen LogP contribution is 2.35. The number of aromatic nitrogens is 2. The van der Waals surface area contributed by atoms with E-state index in [-0.39, 0.29) is 6.54 Å². The second-order valence-corrected chi connectivity index (χ2v) is 5.67.